The summed E-state index contributed by atoms with van der Waals surface area (Å²) in [5.74, 6) is -1.21. The molecule has 1 heterocycles. The van der Waals surface area contributed by atoms with Crippen LogP contribution in [0.3, 0.4) is 0 Å². The Morgan fingerprint density at radius 3 is 2.43 bits per heavy atom. The lowest BCUT2D eigenvalue weighted by atomic mass is 10.1. The van der Waals surface area contributed by atoms with Gasteiger partial charge in [-0.25, -0.2) is 9.18 Å². The van der Waals surface area contributed by atoms with Crippen LogP contribution in [0.4, 0.5) is 10.1 Å². The van der Waals surface area contributed by atoms with Gasteiger partial charge < -0.3 is 14.1 Å². The highest BCUT2D eigenvalue weighted by molar-refractivity contribution is 6.74. The van der Waals surface area contributed by atoms with E-state index in [1.807, 2.05) is 0 Å². The van der Waals surface area contributed by atoms with Gasteiger partial charge in [0.25, 0.3) is 0 Å². The predicted molar refractivity (Wildman–Crippen MR) is 92.0 cm³/mol. The molecule has 1 aromatic rings. The second kappa shape index (κ2) is 6.24. The average Bonchev–Trinajstić information content (AvgIpc) is 2.41. The number of carbonyl (C=O) groups excluding carboxylic acids is 1. The molecule has 0 aliphatic carbocycles. The van der Waals surface area contributed by atoms with Gasteiger partial charge in [0.15, 0.2) is 8.32 Å². The fraction of sp³-hybridized carbons (Fsp3) is 0.588. The van der Waals surface area contributed by atoms with E-state index in [4.69, 9.17) is 4.43 Å². The molecule has 1 aliphatic heterocycles. The van der Waals surface area contributed by atoms with E-state index in [-0.39, 0.29) is 16.7 Å². The summed E-state index contributed by atoms with van der Waals surface area (Å²) in [7, 11) is -0.521. The lowest BCUT2D eigenvalue weighted by Gasteiger charge is -2.47. The highest BCUT2D eigenvalue weighted by atomic mass is 28.4. The molecule has 0 amide bonds. The Morgan fingerprint density at radius 1 is 1.30 bits per heavy atom. The molecule has 0 N–H and O–H groups in total. The molecule has 0 aromatic heterocycles. The molecule has 0 radical (unpaired) electrons. The van der Waals surface area contributed by atoms with Gasteiger partial charge >= 0.3 is 5.97 Å². The Hall–Kier alpha value is -1.40. The third kappa shape index (κ3) is 3.75. The van der Waals surface area contributed by atoms with Crippen molar-refractivity contribution in [2.75, 3.05) is 25.1 Å². The first-order valence-electron chi connectivity index (χ1n) is 7.86. The maximum absolute atomic E-state index is 13.7. The number of halogens is 1. The molecule has 6 heteroatoms. The number of carbonyl (C=O) groups is 1. The minimum absolute atomic E-state index is 0.0289. The Kier molecular flexibility index (Phi) is 4.87. The van der Waals surface area contributed by atoms with E-state index in [1.165, 1.54) is 13.2 Å². The second-order valence-electron chi connectivity index (χ2n) is 7.56. The van der Waals surface area contributed by atoms with Crippen LogP contribution in [0.2, 0.25) is 18.1 Å². The standard InChI is InChI=1S/C17H26FNO3Si/c1-17(2,3)23(5,6)22-13-10-19(11-13)12-7-8-15(18)14(9-12)16(20)21-4/h7-9,13H,10-11H2,1-6H3. The zero-order valence-electron chi connectivity index (χ0n) is 14.8. The summed E-state index contributed by atoms with van der Waals surface area (Å²) < 4.78 is 24.6. The molecule has 1 fully saturated rings. The molecule has 0 bridgehead atoms. The summed E-state index contributed by atoms with van der Waals surface area (Å²) in [5.41, 5.74) is 0.792. The molecule has 1 aromatic carbocycles. The summed E-state index contributed by atoms with van der Waals surface area (Å²) >= 11 is 0. The Morgan fingerprint density at radius 2 is 1.91 bits per heavy atom. The molecule has 0 unspecified atom stereocenters. The van der Waals surface area contributed by atoms with E-state index in [2.05, 4.69) is 43.5 Å². The molecule has 23 heavy (non-hydrogen) atoms. The number of esters is 1. The fourth-order valence-electron chi connectivity index (χ4n) is 2.29. The Labute approximate surface area is 138 Å². The zero-order valence-corrected chi connectivity index (χ0v) is 15.8. The molecular formula is C17H26FNO3Si. The first kappa shape index (κ1) is 17.9. The van der Waals surface area contributed by atoms with Crippen molar-refractivity contribution >= 4 is 20.0 Å². The van der Waals surface area contributed by atoms with Crippen LogP contribution in [-0.4, -0.2) is 40.6 Å². The van der Waals surface area contributed by atoms with Gasteiger partial charge in [0.2, 0.25) is 0 Å². The molecule has 0 atom stereocenters. The van der Waals surface area contributed by atoms with Crippen molar-refractivity contribution in [3.63, 3.8) is 0 Å². The van der Waals surface area contributed by atoms with Gasteiger partial charge in [-0.2, -0.15) is 0 Å². The minimum Gasteiger partial charge on any atom is -0.465 e. The van der Waals surface area contributed by atoms with Gasteiger partial charge in [-0.15, -0.1) is 0 Å². The van der Waals surface area contributed by atoms with Crippen LogP contribution >= 0.6 is 0 Å². The Bertz CT molecular complexity index is 592. The van der Waals surface area contributed by atoms with Gasteiger partial charge in [-0.3, -0.25) is 0 Å². The molecule has 4 nitrogen and oxygen atoms in total. The van der Waals surface area contributed by atoms with Crippen molar-refractivity contribution < 1.29 is 18.3 Å². The first-order valence-corrected chi connectivity index (χ1v) is 10.8. The number of hydrogen-bond donors (Lipinski definition) is 0. The van der Waals surface area contributed by atoms with Crippen LogP contribution < -0.4 is 4.90 Å². The SMILES string of the molecule is COC(=O)c1cc(N2CC(O[Si](C)(C)C(C)(C)C)C2)ccc1F. The maximum Gasteiger partial charge on any atom is 0.340 e. The van der Waals surface area contributed by atoms with Gasteiger partial charge in [0, 0.05) is 18.8 Å². The minimum atomic E-state index is -1.77. The van der Waals surface area contributed by atoms with Crippen LogP contribution in [0.1, 0.15) is 31.1 Å². The quantitative estimate of drug-likeness (QED) is 0.617. The number of rotatable bonds is 4. The number of nitrogens with zero attached hydrogens (tertiary/aromatic N) is 1. The van der Waals surface area contributed by atoms with Crippen molar-refractivity contribution in [2.45, 2.75) is 45.0 Å². The highest BCUT2D eigenvalue weighted by Gasteiger charge is 2.42. The van der Waals surface area contributed by atoms with Crippen molar-refractivity contribution in [1.29, 1.82) is 0 Å². The molecule has 128 valence electrons. The first-order chi connectivity index (χ1) is 10.5. The number of methoxy groups -OCH3 is 1. The van der Waals surface area contributed by atoms with E-state index in [9.17, 15) is 9.18 Å². The maximum atomic E-state index is 13.7. The predicted octanol–water partition coefficient (Wildman–Crippen LogP) is 3.82. The van der Waals surface area contributed by atoms with Crippen LogP contribution in [0.25, 0.3) is 0 Å². The number of ether oxygens (including phenoxy) is 1. The smallest absolute Gasteiger partial charge is 0.340 e. The number of anilines is 1. The number of hydrogen-bond acceptors (Lipinski definition) is 4. The van der Waals surface area contributed by atoms with Gasteiger partial charge in [0.05, 0.1) is 18.8 Å². The number of benzene rings is 1. The summed E-state index contributed by atoms with van der Waals surface area (Å²) in [6.07, 6.45) is 0.197. The average molecular weight is 339 g/mol. The molecule has 2 rings (SSSR count). The third-order valence-electron chi connectivity index (χ3n) is 4.84. The Balaban J connectivity index is 2.02. The molecule has 0 saturated carbocycles. The van der Waals surface area contributed by atoms with Crippen LogP contribution in [0.5, 0.6) is 0 Å². The highest BCUT2D eigenvalue weighted by Crippen LogP contribution is 2.38. The summed E-state index contributed by atoms with van der Waals surface area (Å²) in [5, 5.41) is 0.182. The molecular weight excluding hydrogens is 313 g/mol. The summed E-state index contributed by atoms with van der Waals surface area (Å²) in [4.78, 5) is 13.7. The van der Waals surface area contributed by atoms with Gasteiger partial charge in [-0.05, 0) is 36.3 Å². The van der Waals surface area contributed by atoms with E-state index in [1.54, 1.807) is 12.1 Å². The van der Waals surface area contributed by atoms with Crippen LogP contribution in [-0.2, 0) is 9.16 Å². The van der Waals surface area contributed by atoms with Crippen molar-refractivity contribution in [2.24, 2.45) is 0 Å². The van der Waals surface area contributed by atoms with E-state index in [0.29, 0.717) is 0 Å². The van der Waals surface area contributed by atoms with E-state index in [0.717, 1.165) is 18.8 Å². The second-order valence-corrected chi connectivity index (χ2v) is 12.3. The monoisotopic (exact) mass is 339 g/mol. The molecule has 1 saturated heterocycles. The third-order valence-corrected chi connectivity index (χ3v) is 9.37. The van der Waals surface area contributed by atoms with Crippen LogP contribution in [0.15, 0.2) is 18.2 Å². The summed E-state index contributed by atoms with van der Waals surface area (Å²) in [6, 6.07) is 4.54. The van der Waals surface area contributed by atoms with Crippen molar-refractivity contribution in [3.8, 4) is 0 Å². The zero-order chi connectivity index (χ0) is 17.4. The lowest BCUT2D eigenvalue weighted by Crippen LogP contribution is -2.58. The van der Waals surface area contributed by atoms with Gasteiger partial charge in [0.1, 0.15) is 5.82 Å². The van der Waals surface area contributed by atoms with Crippen LogP contribution in [0, 0.1) is 5.82 Å². The topological polar surface area (TPSA) is 38.8 Å². The normalized spacial score (nSPS) is 16.2. The van der Waals surface area contributed by atoms with Gasteiger partial charge in [-0.1, -0.05) is 20.8 Å². The lowest BCUT2D eigenvalue weighted by molar-refractivity contribution is 0.0595. The van der Waals surface area contributed by atoms with Crippen molar-refractivity contribution in [3.05, 3.63) is 29.6 Å². The van der Waals surface area contributed by atoms with E-state index >= 15 is 0 Å². The summed E-state index contributed by atoms with van der Waals surface area (Å²) in [6.45, 7) is 12.7. The largest absolute Gasteiger partial charge is 0.465 e. The van der Waals surface area contributed by atoms with E-state index < -0.39 is 20.1 Å². The molecule has 1 aliphatic rings. The molecule has 0 spiro atoms. The van der Waals surface area contributed by atoms with Crippen molar-refractivity contribution in [1.82, 2.24) is 0 Å². The fourth-order valence-corrected chi connectivity index (χ4v) is 3.63.